The molecule has 0 aliphatic heterocycles. The largest absolute Gasteiger partial charge is 0.308 e. The molecule has 3 rings (SSSR count). The zero-order valence-electron chi connectivity index (χ0n) is 10.8. The zero-order chi connectivity index (χ0) is 14.1. The maximum Gasteiger partial charge on any atom is 0.161 e. The maximum absolute atomic E-state index is 6.04. The first kappa shape index (κ1) is 13.6. The van der Waals surface area contributed by atoms with Crippen molar-refractivity contribution in [3.05, 3.63) is 39.5 Å². The highest BCUT2D eigenvalue weighted by Crippen LogP contribution is 2.30. The molecule has 1 aliphatic carbocycles. The number of aryl methyl sites for hydroxylation is 1. The van der Waals surface area contributed by atoms with Gasteiger partial charge in [-0.05, 0) is 43.9 Å². The van der Waals surface area contributed by atoms with E-state index < -0.39 is 0 Å². The predicted octanol–water partition coefficient (Wildman–Crippen LogP) is 3.61. The van der Waals surface area contributed by atoms with Crippen LogP contribution in [0.3, 0.4) is 0 Å². The number of rotatable bonds is 2. The molecule has 20 heavy (non-hydrogen) atoms. The summed E-state index contributed by atoms with van der Waals surface area (Å²) in [5, 5.41) is 1.13. The third-order valence-corrected chi connectivity index (χ3v) is 3.88. The van der Waals surface area contributed by atoms with Crippen molar-refractivity contribution in [3.63, 3.8) is 0 Å². The van der Waals surface area contributed by atoms with Gasteiger partial charge in [-0.1, -0.05) is 23.2 Å². The Hall–Kier alpha value is -1.36. The number of nitrogens with one attached hydrogen (secondary N) is 1. The van der Waals surface area contributed by atoms with E-state index in [1.807, 2.05) is 0 Å². The minimum Gasteiger partial charge on any atom is -0.308 e. The molecule has 0 spiro atoms. The summed E-state index contributed by atoms with van der Waals surface area (Å²) >= 11 is 12.1. The molecule has 0 unspecified atom stereocenters. The lowest BCUT2D eigenvalue weighted by atomic mass is 9.96. The Kier molecular flexibility index (Phi) is 3.78. The molecule has 6 heteroatoms. The molecule has 1 aromatic heterocycles. The van der Waals surface area contributed by atoms with Crippen molar-refractivity contribution >= 4 is 29.0 Å². The molecule has 0 atom stereocenters. The number of benzene rings is 1. The van der Waals surface area contributed by atoms with Crippen LogP contribution in [0, 0.1) is 0 Å². The summed E-state index contributed by atoms with van der Waals surface area (Å²) in [7, 11) is 0. The van der Waals surface area contributed by atoms with Gasteiger partial charge < -0.3 is 5.43 Å². The summed E-state index contributed by atoms with van der Waals surface area (Å²) in [6.07, 6.45) is 4.20. The van der Waals surface area contributed by atoms with Crippen LogP contribution in [0.25, 0.3) is 11.4 Å². The molecule has 1 heterocycles. The van der Waals surface area contributed by atoms with Crippen molar-refractivity contribution in [2.24, 2.45) is 5.84 Å². The fourth-order valence-electron chi connectivity index (χ4n) is 2.53. The molecule has 0 saturated carbocycles. The van der Waals surface area contributed by atoms with E-state index >= 15 is 0 Å². The van der Waals surface area contributed by atoms with Gasteiger partial charge in [0.2, 0.25) is 0 Å². The first-order chi connectivity index (χ1) is 9.67. The van der Waals surface area contributed by atoms with E-state index in [-0.39, 0.29) is 0 Å². The van der Waals surface area contributed by atoms with Crippen molar-refractivity contribution in [1.29, 1.82) is 0 Å². The van der Waals surface area contributed by atoms with Crippen LogP contribution in [-0.4, -0.2) is 9.97 Å². The second kappa shape index (κ2) is 5.56. The standard InChI is InChI=1S/C14H14Cl2N4/c15-9-5-8(6-10(16)7-9)13-18-12-4-2-1-3-11(12)14(19-13)20-17/h5-7H,1-4,17H2,(H,18,19,20). The molecule has 2 aromatic rings. The highest BCUT2D eigenvalue weighted by atomic mass is 35.5. The van der Waals surface area contributed by atoms with E-state index in [1.54, 1.807) is 18.2 Å². The number of halogens is 2. The monoisotopic (exact) mass is 308 g/mol. The Balaban J connectivity index is 2.14. The van der Waals surface area contributed by atoms with Gasteiger partial charge in [0.1, 0.15) is 5.82 Å². The number of hydrazine groups is 1. The SMILES string of the molecule is NNc1nc(-c2cc(Cl)cc(Cl)c2)nc2c1CCCC2. The lowest BCUT2D eigenvalue weighted by Crippen LogP contribution is -2.17. The summed E-state index contributed by atoms with van der Waals surface area (Å²) in [6.45, 7) is 0. The van der Waals surface area contributed by atoms with Gasteiger partial charge in [0.25, 0.3) is 0 Å². The van der Waals surface area contributed by atoms with Gasteiger partial charge in [-0.3, -0.25) is 0 Å². The number of hydrogen-bond donors (Lipinski definition) is 2. The van der Waals surface area contributed by atoms with E-state index in [0.29, 0.717) is 21.7 Å². The minimum atomic E-state index is 0.566. The van der Waals surface area contributed by atoms with Crippen LogP contribution < -0.4 is 11.3 Å². The summed E-state index contributed by atoms with van der Waals surface area (Å²) in [6, 6.07) is 5.30. The van der Waals surface area contributed by atoms with Gasteiger partial charge in [-0.25, -0.2) is 15.8 Å². The van der Waals surface area contributed by atoms with E-state index in [9.17, 15) is 0 Å². The average molecular weight is 309 g/mol. The quantitative estimate of drug-likeness (QED) is 0.657. The van der Waals surface area contributed by atoms with E-state index in [0.717, 1.165) is 42.5 Å². The molecule has 0 saturated heterocycles. The van der Waals surface area contributed by atoms with E-state index in [2.05, 4.69) is 15.4 Å². The van der Waals surface area contributed by atoms with Crippen LogP contribution in [-0.2, 0) is 12.8 Å². The number of aromatic nitrogens is 2. The third-order valence-electron chi connectivity index (χ3n) is 3.44. The van der Waals surface area contributed by atoms with Gasteiger partial charge in [0.15, 0.2) is 5.82 Å². The number of hydrogen-bond acceptors (Lipinski definition) is 4. The van der Waals surface area contributed by atoms with Crippen molar-refractivity contribution in [2.75, 3.05) is 5.43 Å². The van der Waals surface area contributed by atoms with Crippen LogP contribution in [0.4, 0.5) is 5.82 Å². The molecule has 0 radical (unpaired) electrons. The fourth-order valence-corrected chi connectivity index (χ4v) is 3.05. The molecule has 0 amide bonds. The van der Waals surface area contributed by atoms with Gasteiger partial charge in [-0.2, -0.15) is 0 Å². The second-order valence-corrected chi connectivity index (χ2v) is 5.70. The first-order valence-electron chi connectivity index (χ1n) is 6.50. The normalized spacial score (nSPS) is 13.9. The molecular weight excluding hydrogens is 295 g/mol. The van der Waals surface area contributed by atoms with Gasteiger partial charge in [-0.15, -0.1) is 0 Å². The lowest BCUT2D eigenvalue weighted by Gasteiger charge is -2.18. The number of anilines is 1. The molecule has 4 nitrogen and oxygen atoms in total. The van der Waals surface area contributed by atoms with Crippen LogP contribution in [0.15, 0.2) is 18.2 Å². The highest BCUT2D eigenvalue weighted by molar-refractivity contribution is 6.35. The second-order valence-electron chi connectivity index (χ2n) is 4.83. The number of nitrogens with two attached hydrogens (primary N) is 1. The Morgan fingerprint density at radius 1 is 1.00 bits per heavy atom. The zero-order valence-corrected chi connectivity index (χ0v) is 12.3. The van der Waals surface area contributed by atoms with Crippen LogP contribution in [0.2, 0.25) is 10.0 Å². The van der Waals surface area contributed by atoms with Crippen molar-refractivity contribution in [3.8, 4) is 11.4 Å². The number of fused-ring (bicyclic) bond motifs is 1. The lowest BCUT2D eigenvalue weighted by molar-refractivity contribution is 0.665. The molecule has 0 fully saturated rings. The summed E-state index contributed by atoms with van der Waals surface area (Å²) in [4.78, 5) is 9.14. The Morgan fingerprint density at radius 2 is 1.70 bits per heavy atom. The summed E-state index contributed by atoms with van der Waals surface area (Å²) in [5.74, 6) is 6.88. The van der Waals surface area contributed by atoms with Gasteiger partial charge >= 0.3 is 0 Å². The number of nitrogens with zero attached hydrogens (tertiary/aromatic N) is 2. The van der Waals surface area contributed by atoms with Gasteiger partial charge in [0, 0.05) is 26.9 Å². The predicted molar refractivity (Wildman–Crippen MR) is 81.9 cm³/mol. The Morgan fingerprint density at radius 3 is 2.40 bits per heavy atom. The topological polar surface area (TPSA) is 63.8 Å². The third kappa shape index (κ3) is 2.59. The minimum absolute atomic E-state index is 0.566. The summed E-state index contributed by atoms with van der Waals surface area (Å²) in [5.41, 5.74) is 5.66. The van der Waals surface area contributed by atoms with Gasteiger partial charge in [0.05, 0.1) is 0 Å². The molecule has 0 bridgehead atoms. The van der Waals surface area contributed by atoms with Crippen molar-refractivity contribution in [2.45, 2.75) is 25.7 Å². The van der Waals surface area contributed by atoms with E-state index in [4.69, 9.17) is 29.0 Å². The number of nitrogen functional groups attached to an aromatic ring is 1. The van der Waals surface area contributed by atoms with E-state index in [1.165, 1.54) is 0 Å². The average Bonchev–Trinajstić information content (AvgIpc) is 2.45. The van der Waals surface area contributed by atoms with Crippen LogP contribution in [0.1, 0.15) is 24.1 Å². The Bertz CT molecular complexity index is 620. The fraction of sp³-hybridized carbons (Fsp3) is 0.286. The van der Waals surface area contributed by atoms with Crippen molar-refractivity contribution in [1.82, 2.24) is 9.97 Å². The smallest absolute Gasteiger partial charge is 0.161 e. The van der Waals surface area contributed by atoms with Crippen molar-refractivity contribution < 1.29 is 0 Å². The first-order valence-corrected chi connectivity index (χ1v) is 7.26. The molecule has 3 N–H and O–H groups in total. The van der Waals surface area contributed by atoms with Crippen LogP contribution >= 0.6 is 23.2 Å². The highest BCUT2D eigenvalue weighted by Gasteiger charge is 2.18. The molecule has 1 aromatic carbocycles. The molecule has 104 valence electrons. The Labute approximate surface area is 127 Å². The summed E-state index contributed by atoms with van der Waals surface area (Å²) < 4.78 is 0. The van der Waals surface area contributed by atoms with Crippen LogP contribution in [0.5, 0.6) is 0 Å². The maximum atomic E-state index is 6.04. The molecular formula is C14H14Cl2N4. The molecule has 1 aliphatic rings.